The van der Waals surface area contributed by atoms with Crippen LogP contribution < -0.4 is 0 Å². The lowest BCUT2D eigenvalue weighted by atomic mass is 10.2. The molecule has 0 aliphatic rings. The SMILES string of the molecule is CP(C)(C)=Cc1ccccc1. The molecule has 0 saturated heterocycles. The zero-order valence-corrected chi connectivity index (χ0v) is 8.31. The molecule has 0 saturated carbocycles. The van der Waals surface area contributed by atoms with Gasteiger partial charge in [0.15, 0.2) is 0 Å². The third-order valence-corrected chi connectivity index (χ3v) is 2.41. The first-order valence-corrected chi connectivity index (χ1v) is 7.00. The average Bonchev–Trinajstić information content (AvgIpc) is 1.85. The Morgan fingerprint density at radius 3 is 2.00 bits per heavy atom. The molecule has 0 bridgehead atoms. The average molecular weight is 166 g/mol. The van der Waals surface area contributed by atoms with Gasteiger partial charge in [0.1, 0.15) is 0 Å². The Morgan fingerprint density at radius 2 is 1.55 bits per heavy atom. The molecule has 1 rings (SSSR count). The lowest BCUT2D eigenvalue weighted by Crippen LogP contribution is -1.82. The van der Waals surface area contributed by atoms with Gasteiger partial charge in [0.2, 0.25) is 0 Å². The van der Waals surface area contributed by atoms with Crippen LogP contribution >= 0.6 is 6.89 Å². The van der Waals surface area contributed by atoms with E-state index in [1.807, 2.05) is 0 Å². The van der Waals surface area contributed by atoms with E-state index in [1.54, 1.807) is 0 Å². The second-order valence-corrected chi connectivity index (χ2v) is 8.15. The van der Waals surface area contributed by atoms with Crippen molar-refractivity contribution in [1.29, 1.82) is 0 Å². The summed E-state index contributed by atoms with van der Waals surface area (Å²) in [5, 5.41) is 0. The normalized spacial score (nSPS) is 11.2. The molecule has 60 valence electrons. The first kappa shape index (κ1) is 8.62. The van der Waals surface area contributed by atoms with Crippen LogP contribution in [0.1, 0.15) is 5.56 Å². The van der Waals surface area contributed by atoms with Crippen molar-refractivity contribution < 1.29 is 0 Å². The molecule has 0 atom stereocenters. The van der Waals surface area contributed by atoms with E-state index in [-0.39, 0.29) is 0 Å². The summed E-state index contributed by atoms with van der Waals surface area (Å²) in [6.07, 6.45) is 0. The Hall–Kier alpha value is -0.480. The van der Waals surface area contributed by atoms with Crippen LogP contribution in [0.3, 0.4) is 0 Å². The zero-order valence-electron chi connectivity index (χ0n) is 7.41. The van der Waals surface area contributed by atoms with Gasteiger partial charge < -0.3 is 0 Å². The Bertz CT molecular complexity index is 258. The summed E-state index contributed by atoms with van der Waals surface area (Å²) >= 11 is 0. The minimum absolute atomic E-state index is 0.763. The molecular formula is C10H15P. The van der Waals surface area contributed by atoms with Crippen molar-refractivity contribution in [1.82, 2.24) is 0 Å². The molecule has 0 unspecified atom stereocenters. The molecule has 0 N–H and O–H groups in total. The van der Waals surface area contributed by atoms with E-state index in [1.165, 1.54) is 5.56 Å². The highest BCUT2D eigenvalue weighted by Crippen LogP contribution is 2.32. The number of hydrogen-bond donors (Lipinski definition) is 0. The summed E-state index contributed by atoms with van der Waals surface area (Å²) < 4.78 is 0. The monoisotopic (exact) mass is 166 g/mol. The van der Waals surface area contributed by atoms with Gasteiger partial charge in [-0.05, 0) is 25.6 Å². The Kier molecular flexibility index (Phi) is 2.57. The third-order valence-electron chi connectivity index (χ3n) is 1.34. The van der Waals surface area contributed by atoms with Crippen molar-refractivity contribution in [2.45, 2.75) is 0 Å². The van der Waals surface area contributed by atoms with Crippen LogP contribution in [-0.2, 0) is 0 Å². The minimum Gasteiger partial charge on any atom is -0.113 e. The van der Waals surface area contributed by atoms with Crippen molar-refractivity contribution in [2.75, 3.05) is 20.0 Å². The Morgan fingerprint density at radius 1 is 1.00 bits per heavy atom. The molecule has 0 aliphatic carbocycles. The summed E-state index contributed by atoms with van der Waals surface area (Å²) in [7, 11) is 0. The maximum Gasteiger partial charge on any atom is -0.0255 e. The van der Waals surface area contributed by atoms with Crippen LogP contribution in [0.4, 0.5) is 0 Å². The summed E-state index contributed by atoms with van der Waals surface area (Å²) in [5.41, 5.74) is 1.35. The van der Waals surface area contributed by atoms with Gasteiger partial charge >= 0.3 is 0 Å². The van der Waals surface area contributed by atoms with E-state index in [2.05, 4.69) is 56.1 Å². The van der Waals surface area contributed by atoms with Gasteiger partial charge in [-0.1, -0.05) is 36.1 Å². The number of rotatable bonds is 1. The summed E-state index contributed by atoms with van der Waals surface area (Å²) in [5.74, 6) is 2.38. The fourth-order valence-electron chi connectivity index (χ4n) is 0.986. The highest BCUT2D eigenvalue weighted by molar-refractivity contribution is 7.73. The van der Waals surface area contributed by atoms with E-state index in [0.717, 1.165) is 0 Å². The molecule has 0 aliphatic heterocycles. The van der Waals surface area contributed by atoms with Crippen LogP contribution in [0.15, 0.2) is 30.3 Å². The van der Waals surface area contributed by atoms with Gasteiger partial charge in [-0.2, -0.15) is 0 Å². The smallest absolute Gasteiger partial charge is 0.0255 e. The van der Waals surface area contributed by atoms with Crippen LogP contribution in [0.5, 0.6) is 0 Å². The van der Waals surface area contributed by atoms with Crippen LogP contribution in [0.2, 0.25) is 0 Å². The summed E-state index contributed by atoms with van der Waals surface area (Å²) in [6.45, 7) is 6.20. The van der Waals surface area contributed by atoms with E-state index >= 15 is 0 Å². The molecule has 1 aromatic rings. The summed E-state index contributed by atoms with van der Waals surface area (Å²) in [6, 6.07) is 10.5. The van der Waals surface area contributed by atoms with Gasteiger partial charge in [-0.25, -0.2) is 0 Å². The van der Waals surface area contributed by atoms with Gasteiger partial charge in [-0.15, -0.1) is 6.89 Å². The van der Waals surface area contributed by atoms with Crippen LogP contribution in [-0.4, -0.2) is 25.8 Å². The Labute approximate surface area is 69.2 Å². The fourth-order valence-corrected chi connectivity index (χ4v) is 2.05. The predicted octanol–water partition coefficient (Wildman–Crippen LogP) is 2.74. The molecule has 1 aromatic carbocycles. The predicted molar refractivity (Wildman–Crippen MR) is 56.3 cm³/mol. The van der Waals surface area contributed by atoms with Crippen LogP contribution in [0, 0.1) is 0 Å². The van der Waals surface area contributed by atoms with Crippen molar-refractivity contribution in [3.8, 4) is 0 Å². The molecule has 0 heterocycles. The zero-order chi connectivity index (χ0) is 8.32. The molecule has 0 radical (unpaired) electrons. The standard InChI is InChI=1S/C10H15P/c1-11(2,3)9-10-7-5-4-6-8-10/h4-9H,1-3H3. The molecule has 11 heavy (non-hydrogen) atoms. The summed E-state index contributed by atoms with van der Waals surface area (Å²) in [4.78, 5) is 0. The first-order chi connectivity index (χ1) is 5.08. The van der Waals surface area contributed by atoms with E-state index < -0.39 is 6.89 Å². The van der Waals surface area contributed by atoms with E-state index in [4.69, 9.17) is 0 Å². The van der Waals surface area contributed by atoms with Crippen molar-refractivity contribution in [3.05, 3.63) is 35.9 Å². The van der Waals surface area contributed by atoms with Crippen LogP contribution in [0.25, 0.3) is 0 Å². The number of hydrogen-bond acceptors (Lipinski definition) is 0. The maximum absolute atomic E-state index is 2.38. The van der Waals surface area contributed by atoms with E-state index in [0.29, 0.717) is 0 Å². The maximum atomic E-state index is 2.38. The van der Waals surface area contributed by atoms with Gasteiger partial charge in [0, 0.05) is 0 Å². The van der Waals surface area contributed by atoms with Gasteiger partial charge in [-0.3, -0.25) is 0 Å². The van der Waals surface area contributed by atoms with Gasteiger partial charge in [0.05, 0.1) is 0 Å². The fraction of sp³-hybridized carbons (Fsp3) is 0.300. The molecule has 1 heteroatoms. The topological polar surface area (TPSA) is 0 Å². The lowest BCUT2D eigenvalue weighted by Gasteiger charge is -2.05. The minimum atomic E-state index is -0.763. The van der Waals surface area contributed by atoms with Crippen molar-refractivity contribution in [2.24, 2.45) is 0 Å². The lowest BCUT2D eigenvalue weighted by molar-refractivity contribution is 1.69. The molecule has 0 nitrogen and oxygen atoms in total. The largest absolute Gasteiger partial charge is 0.113 e. The molecule has 0 amide bonds. The highest BCUT2D eigenvalue weighted by Gasteiger charge is 1.92. The second kappa shape index (κ2) is 3.28. The number of benzene rings is 1. The molecule has 0 spiro atoms. The first-order valence-electron chi connectivity index (χ1n) is 3.80. The molecule has 0 fully saturated rings. The van der Waals surface area contributed by atoms with Crippen molar-refractivity contribution in [3.63, 3.8) is 0 Å². The van der Waals surface area contributed by atoms with Crippen molar-refractivity contribution >= 4 is 12.7 Å². The Balaban J connectivity index is 2.98. The quantitative estimate of drug-likeness (QED) is 0.563. The molecular weight excluding hydrogens is 151 g/mol. The van der Waals surface area contributed by atoms with Gasteiger partial charge in [0.25, 0.3) is 0 Å². The highest BCUT2D eigenvalue weighted by atomic mass is 31.2. The van der Waals surface area contributed by atoms with E-state index in [9.17, 15) is 0 Å². The second-order valence-electron chi connectivity index (χ2n) is 3.66. The third kappa shape index (κ3) is 3.43. The molecule has 0 aromatic heterocycles.